The average Bonchev–Trinajstić information content (AvgIpc) is 2.42. The van der Waals surface area contributed by atoms with E-state index in [1.54, 1.807) is 18.2 Å². The van der Waals surface area contributed by atoms with Crippen molar-refractivity contribution in [2.24, 2.45) is 0 Å². The molecular formula is C17H13BrO2. The van der Waals surface area contributed by atoms with Crippen LogP contribution in [0.4, 0.5) is 0 Å². The lowest BCUT2D eigenvalue weighted by atomic mass is 9.86. The summed E-state index contributed by atoms with van der Waals surface area (Å²) in [5.74, 6) is 0.280. The van der Waals surface area contributed by atoms with Crippen LogP contribution in [0.25, 0.3) is 6.08 Å². The molecule has 20 heavy (non-hydrogen) atoms. The van der Waals surface area contributed by atoms with Crippen molar-refractivity contribution in [1.82, 2.24) is 0 Å². The molecule has 0 saturated carbocycles. The number of ketones is 1. The van der Waals surface area contributed by atoms with Gasteiger partial charge in [-0.1, -0.05) is 28.1 Å². The van der Waals surface area contributed by atoms with E-state index in [0.717, 1.165) is 27.6 Å². The van der Waals surface area contributed by atoms with Crippen molar-refractivity contribution in [3.8, 4) is 5.75 Å². The number of aryl methyl sites for hydroxylation is 1. The first-order valence-electron chi connectivity index (χ1n) is 6.46. The zero-order valence-electron chi connectivity index (χ0n) is 10.8. The molecule has 0 spiro atoms. The Morgan fingerprint density at radius 1 is 1.10 bits per heavy atom. The third kappa shape index (κ3) is 2.54. The van der Waals surface area contributed by atoms with Crippen LogP contribution in [0, 0.1) is 0 Å². The second-order valence-corrected chi connectivity index (χ2v) is 5.81. The summed E-state index contributed by atoms with van der Waals surface area (Å²) >= 11 is 3.43. The lowest BCUT2D eigenvalue weighted by Gasteiger charge is -2.17. The molecule has 0 saturated heterocycles. The molecule has 0 radical (unpaired) electrons. The van der Waals surface area contributed by atoms with E-state index in [4.69, 9.17) is 0 Å². The molecular weight excluding hydrogens is 316 g/mol. The van der Waals surface area contributed by atoms with E-state index in [0.29, 0.717) is 12.0 Å². The number of Topliss-reactive ketones (excluding diaryl/α,β-unsaturated/α-hetero) is 1. The second kappa shape index (κ2) is 5.25. The summed E-state index contributed by atoms with van der Waals surface area (Å²) in [5.41, 5.74) is 3.47. The van der Waals surface area contributed by atoms with Gasteiger partial charge < -0.3 is 5.11 Å². The Morgan fingerprint density at radius 2 is 1.95 bits per heavy atom. The number of rotatable bonds is 1. The Bertz CT molecular complexity index is 717. The van der Waals surface area contributed by atoms with E-state index in [-0.39, 0.29) is 11.5 Å². The molecule has 0 heterocycles. The highest BCUT2D eigenvalue weighted by molar-refractivity contribution is 9.10. The van der Waals surface area contributed by atoms with Gasteiger partial charge in [-0.2, -0.15) is 0 Å². The third-order valence-corrected chi connectivity index (χ3v) is 3.97. The Labute approximate surface area is 125 Å². The molecule has 3 rings (SSSR count). The lowest BCUT2D eigenvalue weighted by molar-refractivity contribution is 0.102. The van der Waals surface area contributed by atoms with E-state index in [1.807, 2.05) is 30.3 Å². The number of aromatic hydroxyl groups is 1. The quantitative estimate of drug-likeness (QED) is 0.789. The van der Waals surface area contributed by atoms with Crippen LogP contribution < -0.4 is 0 Å². The topological polar surface area (TPSA) is 37.3 Å². The highest BCUT2D eigenvalue weighted by atomic mass is 79.9. The predicted molar refractivity (Wildman–Crippen MR) is 82.9 cm³/mol. The molecule has 1 aliphatic rings. The van der Waals surface area contributed by atoms with Gasteiger partial charge in [-0.15, -0.1) is 0 Å². The lowest BCUT2D eigenvalue weighted by Crippen LogP contribution is -2.13. The minimum Gasteiger partial charge on any atom is -0.508 e. The van der Waals surface area contributed by atoms with E-state index in [1.165, 1.54) is 0 Å². The number of allylic oxidation sites excluding steroid dienone is 1. The molecule has 1 aliphatic carbocycles. The van der Waals surface area contributed by atoms with Gasteiger partial charge in [0.15, 0.2) is 5.78 Å². The summed E-state index contributed by atoms with van der Waals surface area (Å²) in [6, 6.07) is 12.9. The summed E-state index contributed by atoms with van der Waals surface area (Å²) in [6.07, 6.45) is 3.44. The fourth-order valence-corrected chi connectivity index (χ4v) is 2.92. The van der Waals surface area contributed by atoms with Crippen molar-refractivity contribution in [1.29, 1.82) is 0 Å². The normalized spacial score (nSPS) is 16.2. The van der Waals surface area contributed by atoms with Crippen molar-refractivity contribution >= 4 is 27.8 Å². The number of carbonyl (C=O) groups excluding carboxylic acids is 1. The number of phenolic OH excluding ortho intramolecular Hbond substituents is 1. The molecule has 2 nitrogen and oxygen atoms in total. The van der Waals surface area contributed by atoms with E-state index in [9.17, 15) is 9.90 Å². The fraction of sp³-hybridized carbons (Fsp3) is 0.118. The molecule has 0 aromatic heterocycles. The number of fused-ring (bicyclic) bond motifs is 1. The number of halogens is 1. The van der Waals surface area contributed by atoms with Crippen LogP contribution in [0.5, 0.6) is 5.75 Å². The molecule has 0 aliphatic heterocycles. The minimum absolute atomic E-state index is 0.0613. The van der Waals surface area contributed by atoms with Gasteiger partial charge in [-0.3, -0.25) is 4.79 Å². The number of phenols is 1. The number of hydrogen-bond acceptors (Lipinski definition) is 2. The third-order valence-electron chi connectivity index (χ3n) is 3.48. The maximum Gasteiger partial charge on any atom is 0.189 e. The first-order valence-corrected chi connectivity index (χ1v) is 7.25. The first kappa shape index (κ1) is 13.1. The molecule has 3 heteroatoms. The summed E-state index contributed by atoms with van der Waals surface area (Å²) in [5, 5.41) is 9.48. The van der Waals surface area contributed by atoms with Gasteiger partial charge >= 0.3 is 0 Å². The molecule has 0 atom stereocenters. The standard InChI is InChI=1S/C17H13BrO2/c18-14-3-1-2-11(9-14)8-13-5-4-12-10-15(19)6-7-16(12)17(13)20/h1-3,6-10,19H,4-5H2/b13-8+. The van der Waals surface area contributed by atoms with Crippen LogP contribution in [0.3, 0.4) is 0 Å². The summed E-state index contributed by atoms with van der Waals surface area (Å²) in [4.78, 5) is 12.5. The van der Waals surface area contributed by atoms with Crippen molar-refractivity contribution in [2.45, 2.75) is 12.8 Å². The molecule has 0 amide bonds. The zero-order chi connectivity index (χ0) is 14.1. The van der Waals surface area contributed by atoms with Gasteiger partial charge in [0.25, 0.3) is 0 Å². The number of hydrogen-bond donors (Lipinski definition) is 1. The monoisotopic (exact) mass is 328 g/mol. The van der Waals surface area contributed by atoms with Crippen LogP contribution in [-0.4, -0.2) is 10.9 Å². The maximum atomic E-state index is 12.5. The highest BCUT2D eigenvalue weighted by Crippen LogP contribution is 2.29. The van der Waals surface area contributed by atoms with Crippen LogP contribution >= 0.6 is 15.9 Å². The van der Waals surface area contributed by atoms with Gasteiger partial charge in [0.1, 0.15) is 5.75 Å². The van der Waals surface area contributed by atoms with Crippen molar-refractivity contribution in [3.05, 3.63) is 69.2 Å². The Hall–Kier alpha value is -1.87. The summed E-state index contributed by atoms with van der Waals surface area (Å²) < 4.78 is 1.00. The van der Waals surface area contributed by atoms with E-state index < -0.39 is 0 Å². The SMILES string of the molecule is O=C1/C(=C/c2cccc(Br)c2)CCc2cc(O)ccc21. The van der Waals surface area contributed by atoms with Crippen LogP contribution in [0.15, 0.2) is 52.5 Å². The zero-order valence-corrected chi connectivity index (χ0v) is 12.4. The average molecular weight is 329 g/mol. The fourth-order valence-electron chi connectivity index (χ4n) is 2.50. The van der Waals surface area contributed by atoms with Gasteiger partial charge in [-0.05, 0) is 60.4 Å². The Balaban J connectivity index is 1.98. The Kier molecular flexibility index (Phi) is 3.45. The van der Waals surface area contributed by atoms with Crippen LogP contribution in [0.2, 0.25) is 0 Å². The number of carbonyl (C=O) groups is 1. The van der Waals surface area contributed by atoms with E-state index >= 15 is 0 Å². The number of benzene rings is 2. The predicted octanol–water partition coefficient (Wildman–Crippen LogP) is 4.37. The van der Waals surface area contributed by atoms with Gasteiger partial charge in [0.05, 0.1) is 0 Å². The van der Waals surface area contributed by atoms with E-state index in [2.05, 4.69) is 15.9 Å². The van der Waals surface area contributed by atoms with Crippen LogP contribution in [-0.2, 0) is 6.42 Å². The maximum absolute atomic E-state index is 12.5. The van der Waals surface area contributed by atoms with Crippen LogP contribution in [0.1, 0.15) is 27.9 Å². The second-order valence-electron chi connectivity index (χ2n) is 4.90. The van der Waals surface area contributed by atoms with Crippen molar-refractivity contribution < 1.29 is 9.90 Å². The van der Waals surface area contributed by atoms with Gasteiger partial charge in [0.2, 0.25) is 0 Å². The molecule has 0 unspecified atom stereocenters. The van der Waals surface area contributed by atoms with Gasteiger partial charge in [0, 0.05) is 15.6 Å². The minimum atomic E-state index is 0.0613. The smallest absolute Gasteiger partial charge is 0.189 e. The molecule has 0 fully saturated rings. The first-order chi connectivity index (χ1) is 9.63. The van der Waals surface area contributed by atoms with Crippen molar-refractivity contribution in [2.75, 3.05) is 0 Å². The molecule has 1 N–H and O–H groups in total. The highest BCUT2D eigenvalue weighted by Gasteiger charge is 2.21. The molecule has 2 aromatic carbocycles. The molecule has 100 valence electrons. The van der Waals surface area contributed by atoms with Crippen molar-refractivity contribution in [3.63, 3.8) is 0 Å². The molecule has 0 bridgehead atoms. The van der Waals surface area contributed by atoms with Gasteiger partial charge in [-0.25, -0.2) is 0 Å². The Morgan fingerprint density at radius 3 is 2.75 bits per heavy atom. The summed E-state index contributed by atoms with van der Waals surface area (Å²) in [6.45, 7) is 0. The molecule has 2 aromatic rings. The largest absolute Gasteiger partial charge is 0.508 e. The summed E-state index contributed by atoms with van der Waals surface area (Å²) in [7, 11) is 0.